The van der Waals surface area contributed by atoms with E-state index in [2.05, 4.69) is 34.9 Å². The van der Waals surface area contributed by atoms with Gasteiger partial charge in [-0.2, -0.15) is 0 Å². The molecule has 0 saturated carbocycles. The molecule has 0 fully saturated rings. The third kappa shape index (κ3) is 5.37. The number of ether oxygens (including phenoxy) is 1. The molecule has 0 aliphatic heterocycles. The Morgan fingerprint density at radius 3 is 2.55 bits per heavy atom. The summed E-state index contributed by atoms with van der Waals surface area (Å²) in [5.74, 6) is 0.818. The van der Waals surface area contributed by atoms with Crippen molar-refractivity contribution in [3.8, 4) is 5.75 Å². The summed E-state index contributed by atoms with van der Waals surface area (Å²) in [7, 11) is 0. The number of thiocarbonyl (C=S) groups is 1. The summed E-state index contributed by atoms with van der Waals surface area (Å²) in [6.07, 6.45) is 2.09. The average molecular weight is 314 g/mol. The van der Waals surface area contributed by atoms with E-state index in [0.717, 1.165) is 30.8 Å². The standard InChI is InChI=1S/C18H22N2OS/c1-2-21-17-13-7-6-12-16(17)20-18(22)19-14-8-11-15-9-4-3-5-10-15/h3-7,9-10,12-13H,2,8,11,14H2,1H3,(H2,19,20,22). The molecule has 3 nitrogen and oxygen atoms in total. The Balaban J connectivity index is 1.74. The van der Waals surface area contributed by atoms with Gasteiger partial charge in [-0.15, -0.1) is 0 Å². The molecule has 0 aliphatic carbocycles. The maximum absolute atomic E-state index is 5.57. The number of aryl methyl sites for hydroxylation is 1. The number of hydrogen-bond acceptors (Lipinski definition) is 2. The largest absolute Gasteiger partial charge is 0.492 e. The zero-order valence-corrected chi connectivity index (χ0v) is 13.7. The molecule has 116 valence electrons. The SMILES string of the molecule is CCOc1ccccc1NC(=S)NCCCc1ccccc1. The van der Waals surface area contributed by atoms with Gasteiger partial charge in [0.2, 0.25) is 0 Å². The van der Waals surface area contributed by atoms with Gasteiger partial charge in [0.25, 0.3) is 0 Å². The van der Waals surface area contributed by atoms with Crippen molar-refractivity contribution in [2.24, 2.45) is 0 Å². The molecule has 0 radical (unpaired) electrons. The van der Waals surface area contributed by atoms with Gasteiger partial charge < -0.3 is 15.4 Å². The van der Waals surface area contributed by atoms with Crippen molar-refractivity contribution in [3.05, 3.63) is 60.2 Å². The van der Waals surface area contributed by atoms with Crippen molar-refractivity contribution in [1.29, 1.82) is 0 Å². The highest BCUT2D eigenvalue weighted by Gasteiger charge is 2.03. The van der Waals surface area contributed by atoms with Crippen LogP contribution in [-0.4, -0.2) is 18.3 Å². The first-order valence-corrected chi connectivity index (χ1v) is 8.01. The molecule has 22 heavy (non-hydrogen) atoms. The van der Waals surface area contributed by atoms with Gasteiger partial charge in [0.05, 0.1) is 12.3 Å². The highest BCUT2D eigenvalue weighted by molar-refractivity contribution is 7.80. The smallest absolute Gasteiger partial charge is 0.170 e. The van der Waals surface area contributed by atoms with Gasteiger partial charge in [0.15, 0.2) is 5.11 Å². The first-order valence-electron chi connectivity index (χ1n) is 7.60. The molecule has 0 atom stereocenters. The number of hydrogen-bond donors (Lipinski definition) is 2. The molecule has 2 aromatic rings. The predicted molar refractivity (Wildman–Crippen MR) is 96.6 cm³/mol. The second kappa shape index (κ2) is 9.05. The second-order valence-electron chi connectivity index (χ2n) is 4.90. The van der Waals surface area contributed by atoms with Crippen LogP contribution in [0.2, 0.25) is 0 Å². The minimum absolute atomic E-state index is 0.625. The summed E-state index contributed by atoms with van der Waals surface area (Å²) in [6, 6.07) is 18.3. The van der Waals surface area contributed by atoms with Crippen LogP contribution in [0, 0.1) is 0 Å². The van der Waals surface area contributed by atoms with Crippen molar-refractivity contribution in [3.63, 3.8) is 0 Å². The van der Waals surface area contributed by atoms with Gasteiger partial charge in [0.1, 0.15) is 5.75 Å². The van der Waals surface area contributed by atoms with Crippen LogP contribution in [0.15, 0.2) is 54.6 Å². The molecule has 0 aliphatic rings. The number of benzene rings is 2. The summed E-state index contributed by atoms with van der Waals surface area (Å²) in [5.41, 5.74) is 2.25. The van der Waals surface area contributed by atoms with Gasteiger partial charge in [0, 0.05) is 6.54 Å². The van der Waals surface area contributed by atoms with Gasteiger partial charge in [-0.3, -0.25) is 0 Å². The van der Waals surface area contributed by atoms with Crippen molar-refractivity contribution < 1.29 is 4.74 Å². The summed E-state index contributed by atoms with van der Waals surface area (Å²) >= 11 is 5.33. The third-order valence-electron chi connectivity index (χ3n) is 3.21. The van der Waals surface area contributed by atoms with E-state index >= 15 is 0 Å². The lowest BCUT2D eigenvalue weighted by molar-refractivity contribution is 0.342. The first-order chi connectivity index (χ1) is 10.8. The van der Waals surface area contributed by atoms with Crippen molar-refractivity contribution in [2.75, 3.05) is 18.5 Å². The third-order valence-corrected chi connectivity index (χ3v) is 3.45. The minimum atomic E-state index is 0.625. The molecule has 0 spiro atoms. The van der Waals surface area contributed by atoms with Crippen LogP contribution in [-0.2, 0) is 6.42 Å². The van der Waals surface area contributed by atoms with E-state index in [0.29, 0.717) is 11.7 Å². The fourth-order valence-corrected chi connectivity index (χ4v) is 2.37. The lowest BCUT2D eigenvalue weighted by atomic mass is 10.1. The quantitative estimate of drug-likeness (QED) is 0.598. The van der Waals surface area contributed by atoms with Gasteiger partial charge in [-0.25, -0.2) is 0 Å². The Morgan fingerprint density at radius 1 is 1.05 bits per heavy atom. The minimum Gasteiger partial charge on any atom is -0.492 e. The Bertz CT molecular complexity index is 587. The summed E-state index contributed by atoms with van der Waals surface area (Å²) in [5, 5.41) is 7.05. The summed E-state index contributed by atoms with van der Waals surface area (Å²) in [6.45, 7) is 3.45. The van der Waals surface area contributed by atoms with Gasteiger partial charge in [-0.05, 0) is 49.7 Å². The van der Waals surface area contributed by atoms with E-state index in [-0.39, 0.29) is 0 Å². The number of anilines is 1. The molecule has 0 saturated heterocycles. The first kappa shape index (κ1) is 16.3. The van der Waals surface area contributed by atoms with Crippen LogP contribution in [0.25, 0.3) is 0 Å². The topological polar surface area (TPSA) is 33.3 Å². The van der Waals surface area contributed by atoms with E-state index < -0.39 is 0 Å². The maximum Gasteiger partial charge on any atom is 0.170 e. The normalized spacial score (nSPS) is 10.0. The van der Waals surface area contributed by atoms with Crippen LogP contribution in [0.1, 0.15) is 18.9 Å². The molecular weight excluding hydrogens is 292 g/mol. The van der Waals surface area contributed by atoms with Crippen LogP contribution < -0.4 is 15.4 Å². The molecule has 2 N–H and O–H groups in total. The Hall–Kier alpha value is -2.07. The molecule has 2 rings (SSSR count). The fourth-order valence-electron chi connectivity index (χ4n) is 2.16. The Labute approximate surface area is 137 Å². The predicted octanol–water partition coefficient (Wildman–Crippen LogP) is 4.00. The van der Waals surface area contributed by atoms with E-state index in [1.54, 1.807) is 0 Å². The van der Waals surface area contributed by atoms with E-state index in [1.807, 2.05) is 37.3 Å². The summed E-state index contributed by atoms with van der Waals surface area (Å²) < 4.78 is 5.57. The van der Waals surface area contributed by atoms with Gasteiger partial charge >= 0.3 is 0 Å². The molecule has 0 unspecified atom stereocenters. The number of nitrogens with one attached hydrogen (secondary N) is 2. The van der Waals surface area contributed by atoms with Crippen LogP contribution in [0.5, 0.6) is 5.75 Å². The van der Waals surface area contributed by atoms with Crippen molar-refractivity contribution >= 4 is 23.0 Å². The molecule has 0 amide bonds. The molecular formula is C18H22N2OS. The highest BCUT2D eigenvalue weighted by atomic mass is 32.1. The molecule has 0 heterocycles. The maximum atomic E-state index is 5.57. The Kier molecular flexibility index (Phi) is 6.71. The lowest BCUT2D eigenvalue weighted by Gasteiger charge is -2.14. The van der Waals surface area contributed by atoms with Crippen molar-refractivity contribution in [1.82, 2.24) is 5.32 Å². The lowest BCUT2D eigenvalue weighted by Crippen LogP contribution is -2.29. The zero-order valence-electron chi connectivity index (χ0n) is 12.8. The fraction of sp³-hybridized carbons (Fsp3) is 0.278. The second-order valence-corrected chi connectivity index (χ2v) is 5.31. The number of para-hydroxylation sites is 2. The monoisotopic (exact) mass is 314 g/mol. The van der Waals surface area contributed by atoms with Gasteiger partial charge in [-0.1, -0.05) is 42.5 Å². The number of rotatable bonds is 7. The van der Waals surface area contributed by atoms with E-state index in [4.69, 9.17) is 17.0 Å². The molecule has 0 aromatic heterocycles. The molecule has 0 bridgehead atoms. The molecule has 4 heteroatoms. The average Bonchev–Trinajstić information content (AvgIpc) is 2.55. The van der Waals surface area contributed by atoms with E-state index in [1.165, 1.54) is 5.56 Å². The van der Waals surface area contributed by atoms with Crippen LogP contribution in [0.3, 0.4) is 0 Å². The van der Waals surface area contributed by atoms with E-state index in [9.17, 15) is 0 Å². The zero-order chi connectivity index (χ0) is 15.6. The molecule has 2 aromatic carbocycles. The van der Waals surface area contributed by atoms with Crippen molar-refractivity contribution in [2.45, 2.75) is 19.8 Å². The van der Waals surface area contributed by atoms with Crippen LogP contribution >= 0.6 is 12.2 Å². The Morgan fingerprint density at radius 2 is 1.77 bits per heavy atom. The van der Waals surface area contributed by atoms with Crippen LogP contribution in [0.4, 0.5) is 5.69 Å². The summed E-state index contributed by atoms with van der Waals surface area (Å²) in [4.78, 5) is 0. The highest BCUT2D eigenvalue weighted by Crippen LogP contribution is 2.23.